The third-order valence-electron chi connectivity index (χ3n) is 6.37. The summed E-state index contributed by atoms with van der Waals surface area (Å²) in [4.78, 5) is 23.7. The first-order valence-corrected chi connectivity index (χ1v) is 11.6. The molecule has 0 aromatic carbocycles. The van der Waals surface area contributed by atoms with Gasteiger partial charge in [-0.25, -0.2) is 9.67 Å². The van der Waals surface area contributed by atoms with Crippen LogP contribution in [-0.2, 0) is 38.8 Å². The summed E-state index contributed by atoms with van der Waals surface area (Å²) in [5, 5.41) is 5.95. The summed E-state index contributed by atoms with van der Waals surface area (Å²) in [6.45, 7) is 6.89. The molecule has 3 aliphatic rings. The Morgan fingerprint density at radius 3 is 2.54 bits per heavy atom. The first kappa shape index (κ1) is 18.5. The van der Waals surface area contributed by atoms with Crippen molar-refractivity contribution in [2.75, 3.05) is 32.7 Å². The summed E-state index contributed by atoms with van der Waals surface area (Å²) in [5.74, 6) is 0. The fourth-order valence-electron chi connectivity index (χ4n) is 4.67. The van der Waals surface area contributed by atoms with Crippen molar-refractivity contribution in [2.24, 2.45) is 0 Å². The van der Waals surface area contributed by atoms with Crippen LogP contribution in [0.15, 0.2) is 10.9 Å². The second kappa shape index (κ2) is 8.05. The van der Waals surface area contributed by atoms with Gasteiger partial charge in [-0.1, -0.05) is 0 Å². The molecule has 2 aromatic heterocycles. The molecule has 1 saturated heterocycles. The van der Waals surface area contributed by atoms with Crippen LogP contribution in [0.4, 0.5) is 0 Å². The van der Waals surface area contributed by atoms with Gasteiger partial charge in [0.15, 0.2) is 0 Å². The molecule has 0 unspecified atom stereocenters. The van der Waals surface area contributed by atoms with Crippen molar-refractivity contribution in [1.82, 2.24) is 24.6 Å². The molecule has 0 N–H and O–H groups in total. The van der Waals surface area contributed by atoms with Gasteiger partial charge >= 0.3 is 0 Å². The van der Waals surface area contributed by atoms with E-state index >= 15 is 0 Å². The van der Waals surface area contributed by atoms with Crippen molar-refractivity contribution in [3.05, 3.63) is 43.3 Å². The number of fused-ring (bicyclic) bond motifs is 2. The fraction of sp³-hybridized carbons (Fsp3) is 0.667. The van der Waals surface area contributed by atoms with E-state index in [0.29, 0.717) is 6.54 Å². The third kappa shape index (κ3) is 3.93. The minimum Gasteiger partial charge on any atom is -0.299 e. The van der Waals surface area contributed by atoms with Gasteiger partial charge in [0, 0.05) is 43.7 Å². The predicted octanol–water partition coefficient (Wildman–Crippen LogP) is 1.89. The maximum atomic E-state index is 12.3. The maximum absolute atomic E-state index is 12.3. The zero-order chi connectivity index (χ0) is 18.9. The maximum Gasteiger partial charge on any atom is 0.267 e. The Morgan fingerprint density at radius 1 is 0.893 bits per heavy atom. The van der Waals surface area contributed by atoms with Crippen molar-refractivity contribution >= 4 is 11.3 Å². The van der Waals surface area contributed by atoms with E-state index in [0.717, 1.165) is 57.8 Å². The number of nitrogens with zero attached hydrogens (tertiary/aromatic N) is 5. The first-order chi connectivity index (χ1) is 13.7. The number of hydrogen-bond acceptors (Lipinski definition) is 6. The molecule has 3 heterocycles. The molecule has 5 rings (SSSR count). The Bertz CT molecular complexity index is 875. The minimum atomic E-state index is 0.0658. The average molecular weight is 400 g/mol. The van der Waals surface area contributed by atoms with E-state index in [2.05, 4.69) is 14.9 Å². The zero-order valence-corrected chi connectivity index (χ0v) is 17.3. The molecule has 0 saturated carbocycles. The van der Waals surface area contributed by atoms with Crippen LogP contribution in [0.5, 0.6) is 0 Å². The smallest absolute Gasteiger partial charge is 0.267 e. The summed E-state index contributed by atoms with van der Waals surface area (Å²) < 4.78 is 1.69. The van der Waals surface area contributed by atoms with E-state index in [1.807, 2.05) is 17.4 Å². The van der Waals surface area contributed by atoms with Crippen molar-refractivity contribution in [2.45, 2.75) is 58.0 Å². The van der Waals surface area contributed by atoms with Gasteiger partial charge in [-0.05, 0) is 50.5 Å². The fourth-order valence-corrected chi connectivity index (χ4v) is 5.87. The minimum absolute atomic E-state index is 0.0658. The van der Waals surface area contributed by atoms with Gasteiger partial charge in [0.1, 0.15) is 5.01 Å². The summed E-state index contributed by atoms with van der Waals surface area (Å²) in [7, 11) is 0. The molecule has 28 heavy (non-hydrogen) atoms. The highest BCUT2D eigenvalue weighted by molar-refractivity contribution is 7.11. The molecular formula is C21H29N5OS. The lowest BCUT2D eigenvalue weighted by Gasteiger charge is -2.34. The molecule has 2 aliphatic carbocycles. The zero-order valence-electron chi connectivity index (χ0n) is 16.5. The molecule has 0 radical (unpaired) electrons. The lowest BCUT2D eigenvalue weighted by atomic mass is 9.97. The largest absolute Gasteiger partial charge is 0.299 e. The molecule has 0 bridgehead atoms. The highest BCUT2D eigenvalue weighted by atomic mass is 32.1. The second-order valence-corrected chi connectivity index (χ2v) is 9.50. The van der Waals surface area contributed by atoms with Crippen molar-refractivity contribution in [3.63, 3.8) is 0 Å². The Balaban J connectivity index is 1.12. The van der Waals surface area contributed by atoms with E-state index in [-0.39, 0.29) is 5.56 Å². The van der Waals surface area contributed by atoms with E-state index in [4.69, 9.17) is 4.98 Å². The molecule has 0 amide bonds. The summed E-state index contributed by atoms with van der Waals surface area (Å²) in [6, 6.07) is 1.82. The Hall–Kier alpha value is -1.57. The quantitative estimate of drug-likeness (QED) is 0.769. The molecule has 0 atom stereocenters. The lowest BCUT2D eigenvalue weighted by molar-refractivity contribution is 0.122. The van der Waals surface area contributed by atoms with Crippen LogP contribution in [-0.4, -0.2) is 57.3 Å². The number of hydrogen-bond donors (Lipinski definition) is 0. The molecule has 0 spiro atoms. The normalized spacial score (nSPS) is 20.3. The van der Waals surface area contributed by atoms with Crippen molar-refractivity contribution in [3.8, 4) is 0 Å². The average Bonchev–Trinajstić information content (AvgIpc) is 3.29. The highest BCUT2D eigenvalue weighted by Crippen LogP contribution is 2.28. The van der Waals surface area contributed by atoms with Crippen LogP contribution in [0, 0.1) is 0 Å². The van der Waals surface area contributed by atoms with Crippen LogP contribution in [0.3, 0.4) is 0 Å². The monoisotopic (exact) mass is 399 g/mol. The molecule has 1 aliphatic heterocycles. The summed E-state index contributed by atoms with van der Waals surface area (Å²) in [6.07, 6.45) is 8.12. The van der Waals surface area contributed by atoms with Gasteiger partial charge in [0.25, 0.3) is 5.56 Å². The number of aromatic nitrogens is 3. The number of aryl methyl sites for hydroxylation is 4. The van der Waals surface area contributed by atoms with E-state index in [1.54, 1.807) is 4.68 Å². The van der Waals surface area contributed by atoms with Gasteiger partial charge in [0.2, 0.25) is 0 Å². The first-order valence-electron chi connectivity index (χ1n) is 10.8. The van der Waals surface area contributed by atoms with Crippen LogP contribution in [0.25, 0.3) is 0 Å². The number of piperazine rings is 1. The van der Waals surface area contributed by atoms with Gasteiger partial charge in [-0.15, -0.1) is 11.3 Å². The highest BCUT2D eigenvalue weighted by Gasteiger charge is 2.21. The van der Waals surface area contributed by atoms with Crippen molar-refractivity contribution in [1.29, 1.82) is 0 Å². The summed E-state index contributed by atoms with van der Waals surface area (Å²) >= 11 is 1.92. The molecule has 150 valence electrons. The Labute approximate surface area is 170 Å². The third-order valence-corrected chi connectivity index (χ3v) is 7.51. The molecule has 6 nitrogen and oxygen atoms in total. The van der Waals surface area contributed by atoms with Crippen LogP contribution >= 0.6 is 11.3 Å². The van der Waals surface area contributed by atoms with Gasteiger partial charge < -0.3 is 0 Å². The number of thiazole rings is 1. The van der Waals surface area contributed by atoms with E-state index < -0.39 is 0 Å². The van der Waals surface area contributed by atoms with Crippen molar-refractivity contribution < 1.29 is 0 Å². The van der Waals surface area contributed by atoms with E-state index in [9.17, 15) is 4.79 Å². The van der Waals surface area contributed by atoms with Gasteiger partial charge in [0.05, 0.1) is 24.5 Å². The van der Waals surface area contributed by atoms with E-state index in [1.165, 1.54) is 53.2 Å². The lowest BCUT2D eigenvalue weighted by Crippen LogP contribution is -2.47. The summed E-state index contributed by atoms with van der Waals surface area (Å²) in [5.41, 5.74) is 3.75. The molecule has 1 fully saturated rings. The van der Waals surface area contributed by atoms with Gasteiger partial charge in [-0.3, -0.25) is 14.6 Å². The van der Waals surface area contributed by atoms with Crippen LogP contribution in [0.2, 0.25) is 0 Å². The van der Waals surface area contributed by atoms with Gasteiger partial charge in [-0.2, -0.15) is 5.10 Å². The number of rotatable bonds is 5. The Kier molecular flexibility index (Phi) is 5.30. The SMILES string of the molecule is O=c1cc2c(nn1CCN1CCN(Cc3nc4c(s3)CCC4)CC1)CCCC2. The molecule has 2 aromatic rings. The Morgan fingerprint density at radius 2 is 1.68 bits per heavy atom. The molecular weight excluding hydrogens is 370 g/mol. The molecule has 7 heteroatoms. The second-order valence-electron chi connectivity index (χ2n) is 8.33. The topological polar surface area (TPSA) is 54.3 Å². The standard InChI is InChI=1S/C21H29N5OS/c27-21-14-16-4-1-2-5-17(16)23-26(21)13-12-24-8-10-25(11-9-24)15-20-22-18-6-3-7-19(18)28-20/h14H,1-13,15H2. The van der Waals surface area contributed by atoms with Crippen LogP contribution in [0.1, 0.15) is 46.1 Å². The van der Waals surface area contributed by atoms with Crippen LogP contribution < -0.4 is 5.56 Å². The predicted molar refractivity (Wildman–Crippen MR) is 111 cm³/mol.